The van der Waals surface area contributed by atoms with Gasteiger partial charge in [0.1, 0.15) is 0 Å². The Balaban J connectivity index is -0.000000540. The molecule has 0 aromatic rings. The normalized spacial score (nSPS) is 10.4. The number of hydrogen-bond acceptors (Lipinski definition) is 7. The van der Waals surface area contributed by atoms with Gasteiger partial charge in [-0.3, -0.25) is 9.69 Å². The summed E-state index contributed by atoms with van der Waals surface area (Å²) in [6, 6.07) is 0. The molecule has 0 aromatic heterocycles. The maximum atomic E-state index is 11.3. The minimum absolute atomic E-state index is 0.0280. The Morgan fingerprint density at radius 1 is 0.688 bits per heavy atom. The van der Waals surface area contributed by atoms with Crippen LogP contribution in [0.15, 0.2) is 0 Å². The molecule has 0 radical (unpaired) electrons. The highest BCUT2D eigenvalue weighted by Gasteiger charge is 2.04. The Bertz CT molecular complexity index is 328. The van der Waals surface area contributed by atoms with Gasteiger partial charge < -0.3 is 25.2 Å². The molecule has 0 saturated carbocycles. The van der Waals surface area contributed by atoms with E-state index in [9.17, 15) is 4.79 Å². The van der Waals surface area contributed by atoms with Crippen molar-refractivity contribution in [1.29, 1.82) is 0 Å². The molecule has 0 spiro atoms. The molecule has 0 bridgehead atoms. The standard InChI is InChI=1S/C17H34O2.C6H15NO3.C2H6O/c1-4-5-6-7-8-9-10-11-12-13-14-15-17(18)19-16(2)3;8-4-1-7(2-5-9)3-6-10;1-2-3/h16H,4-15H2,1-3H3;8-10H,1-6H2;3H,2H2,1H3. The number of aliphatic hydroxyl groups is 4. The molecule has 0 heterocycles. The lowest BCUT2D eigenvalue weighted by Gasteiger charge is -2.17. The van der Waals surface area contributed by atoms with E-state index >= 15 is 0 Å². The number of carbonyl (C=O) groups is 1. The molecule has 0 saturated heterocycles. The number of aliphatic hydroxyl groups excluding tert-OH is 4. The Morgan fingerprint density at radius 3 is 1.34 bits per heavy atom. The number of nitrogens with zero attached hydrogens (tertiary/aromatic N) is 1. The third-order valence-corrected chi connectivity index (χ3v) is 4.60. The highest BCUT2D eigenvalue weighted by molar-refractivity contribution is 5.69. The van der Waals surface area contributed by atoms with Crippen molar-refractivity contribution < 1.29 is 30.0 Å². The number of carbonyl (C=O) groups excluding carboxylic acids is 1. The predicted octanol–water partition coefficient (Wildman–Crippen LogP) is 3.90. The fraction of sp³-hybridized carbons (Fsp3) is 0.960. The van der Waals surface area contributed by atoms with Gasteiger partial charge in [-0.05, 0) is 27.2 Å². The zero-order valence-electron chi connectivity index (χ0n) is 21.6. The molecule has 0 aliphatic carbocycles. The van der Waals surface area contributed by atoms with E-state index in [0.717, 1.165) is 6.42 Å². The molecular formula is C25H55NO6. The predicted molar refractivity (Wildman–Crippen MR) is 133 cm³/mol. The minimum Gasteiger partial charge on any atom is -0.463 e. The van der Waals surface area contributed by atoms with Crippen LogP contribution in [-0.2, 0) is 9.53 Å². The largest absolute Gasteiger partial charge is 0.463 e. The first-order valence-electron chi connectivity index (χ1n) is 12.8. The fourth-order valence-electron chi connectivity index (χ4n) is 3.02. The van der Waals surface area contributed by atoms with E-state index in [4.69, 9.17) is 25.2 Å². The van der Waals surface area contributed by atoms with E-state index in [1.807, 2.05) is 13.8 Å². The van der Waals surface area contributed by atoms with Gasteiger partial charge in [-0.15, -0.1) is 0 Å². The SMILES string of the molecule is CCCCCCCCCCCCCC(=O)OC(C)C.CCO.OCCN(CCO)CCO. The van der Waals surface area contributed by atoms with Gasteiger partial charge in [-0.2, -0.15) is 0 Å². The Labute approximate surface area is 198 Å². The van der Waals surface area contributed by atoms with Gasteiger partial charge in [0.15, 0.2) is 0 Å². The zero-order valence-corrected chi connectivity index (χ0v) is 21.6. The van der Waals surface area contributed by atoms with Gasteiger partial charge in [0, 0.05) is 32.7 Å². The number of esters is 1. The second-order valence-corrected chi connectivity index (χ2v) is 8.15. The summed E-state index contributed by atoms with van der Waals surface area (Å²) in [5, 5.41) is 33.0. The Morgan fingerprint density at radius 2 is 1.03 bits per heavy atom. The van der Waals surface area contributed by atoms with Crippen LogP contribution in [0.5, 0.6) is 0 Å². The summed E-state index contributed by atoms with van der Waals surface area (Å²) in [5.74, 6) is -0.0362. The molecule has 7 nitrogen and oxygen atoms in total. The van der Waals surface area contributed by atoms with E-state index in [0.29, 0.717) is 26.1 Å². The second kappa shape index (κ2) is 32.4. The van der Waals surface area contributed by atoms with Crippen LogP contribution >= 0.6 is 0 Å². The first kappa shape index (κ1) is 35.9. The molecule has 32 heavy (non-hydrogen) atoms. The summed E-state index contributed by atoms with van der Waals surface area (Å²) in [4.78, 5) is 13.1. The van der Waals surface area contributed by atoms with Crippen LogP contribution in [0, 0.1) is 0 Å². The highest BCUT2D eigenvalue weighted by Crippen LogP contribution is 2.12. The van der Waals surface area contributed by atoms with E-state index < -0.39 is 0 Å². The van der Waals surface area contributed by atoms with Gasteiger partial charge in [-0.1, -0.05) is 71.1 Å². The van der Waals surface area contributed by atoms with Crippen LogP contribution in [0.25, 0.3) is 0 Å². The average Bonchev–Trinajstić information content (AvgIpc) is 2.73. The van der Waals surface area contributed by atoms with Crippen LogP contribution in [0.4, 0.5) is 0 Å². The van der Waals surface area contributed by atoms with Crippen molar-refractivity contribution in [3.05, 3.63) is 0 Å². The molecule has 7 heteroatoms. The van der Waals surface area contributed by atoms with E-state index in [1.165, 1.54) is 64.2 Å². The maximum absolute atomic E-state index is 11.3. The lowest BCUT2D eigenvalue weighted by molar-refractivity contribution is -0.147. The van der Waals surface area contributed by atoms with Crippen molar-refractivity contribution in [3.63, 3.8) is 0 Å². The zero-order chi connectivity index (χ0) is 24.9. The van der Waals surface area contributed by atoms with Crippen molar-refractivity contribution in [1.82, 2.24) is 4.90 Å². The summed E-state index contributed by atoms with van der Waals surface area (Å²) in [6.45, 7) is 9.75. The van der Waals surface area contributed by atoms with Gasteiger partial charge in [0.2, 0.25) is 0 Å². The first-order valence-corrected chi connectivity index (χ1v) is 12.8. The second-order valence-electron chi connectivity index (χ2n) is 8.15. The summed E-state index contributed by atoms with van der Waals surface area (Å²) in [6.07, 6.45) is 15.1. The fourth-order valence-corrected chi connectivity index (χ4v) is 3.02. The smallest absolute Gasteiger partial charge is 0.306 e. The van der Waals surface area contributed by atoms with Gasteiger partial charge >= 0.3 is 5.97 Å². The van der Waals surface area contributed by atoms with E-state index in [-0.39, 0.29) is 38.5 Å². The summed E-state index contributed by atoms with van der Waals surface area (Å²) in [5.41, 5.74) is 0. The van der Waals surface area contributed by atoms with Crippen LogP contribution < -0.4 is 0 Å². The molecule has 0 atom stereocenters. The van der Waals surface area contributed by atoms with Crippen LogP contribution in [0.2, 0.25) is 0 Å². The molecule has 4 N–H and O–H groups in total. The third kappa shape index (κ3) is 36.6. The summed E-state index contributed by atoms with van der Waals surface area (Å²) in [7, 11) is 0. The van der Waals surface area contributed by atoms with Crippen molar-refractivity contribution in [2.24, 2.45) is 0 Å². The van der Waals surface area contributed by atoms with Gasteiger partial charge in [0.25, 0.3) is 0 Å². The highest BCUT2D eigenvalue weighted by atomic mass is 16.5. The molecule has 196 valence electrons. The van der Waals surface area contributed by atoms with Crippen LogP contribution in [-0.4, -0.2) is 83.5 Å². The Kier molecular flexibility index (Phi) is 36.4. The molecule has 0 aliphatic rings. The first-order chi connectivity index (χ1) is 15.4. The van der Waals surface area contributed by atoms with Crippen molar-refractivity contribution in [2.45, 2.75) is 111 Å². The van der Waals surface area contributed by atoms with Crippen LogP contribution in [0.3, 0.4) is 0 Å². The number of hydrogen-bond donors (Lipinski definition) is 4. The lowest BCUT2D eigenvalue weighted by Crippen LogP contribution is -2.32. The lowest BCUT2D eigenvalue weighted by atomic mass is 10.1. The van der Waals surface area contributed by atoms with Crippen LogP contribution in [0.1, 0.15) is 105 Å². The molecule has 0 fully saturated rings. The quantitative estimate of drug-likeness (QED) is 0.169. The van der Waals surface area contributed by atoms with Crippen molar-refractivity contribution in [2.75, 3.05) is 46.1 Å². The van der Waals surface area contributed by atoms with E-state index in [1.54, 1.807) is 11.8 Å². The van der Waals surface area contributed by atoms with Crippen molar-refractivity contribution in [3.8, 4) is 0 Å². The van der Waals surface area contributed by atoms with Crippen molar-refractivity contribution >= 4 is 5.97 Å². The molecule has 0 aromatic carbocycles. The van der Waals surface area contributed by atoms with Gasteiger partial charge in [-0.25, -0.2) is 0 Å². The molecular weight excluding hydrogens is 410 g/mol. The number of ether oxygens (including phenoxy) is 1. The molecule has 0 aliphatic heterocycles. The minimum atomic E-state index is -0.0362. The maximum Gasteiger partial charge on any atom is 0.306 e. The molecule has 0 amide bonds. The van der Waals surface area contributed by atoms with E-state index in [2.05, 4.69) is 6.92 Å². The topological polar surface area (TPSA) is 110 Å². The number of rotatable bonds is 19. The molecule has 0 rings (SSSR count). The molecule has 0 unspecified atom stereocenters. The summed E-state index contributed by atoms with van der Waals surface area (Å²) >= 11 is 0. The average molecular weight is 466 g/mol. The summed E-state index contributed by atoms with van der Waals surface area (Å²) < 4.78 is 5.10. The monoisotopic (exact) mass is 465 g/mol. The Hall–Kier alpha value is -0.730. The van der Waals surface area contributed by atoms with Gasteiger partial charge in [0.05, 0.1) is 25.9 Å². The number of unbranched alkanes of at least 4 members (excludes halogenated alkanes) is 10. The third-order valence-electron chi connectivity index (χ3n) is 4.60.